The Bertz CT molecular complexity index is 8.00. The maximum absolute atomic E-state index is 0. The second-order valence-electron chi connectivity index (χ2n) is 0. The third-order valence-corrected chi connectivity index (χ3v) is 0. The van der Waals surface area contributed by atoms with Crippen LogP contribution in [0.4, 0.5) is 0 Å². The molecule has 0 rings (SSSR count). The standard InChI is InChI=1S/Be.Cd.Se.Zn.2H/q;+2;-2;;;. The van der Waals surface area contributed by atoms with Gasteiger partial charge in [0.05, 0.1) is 0 Å². The molecule has 0 aliphatic carbocycles. The molecular weight excluding hydrogens is 266 g/mol. The molecule has 0 saturated carbocycles. The minimum atomic E-state index is 0. The van der Waals surface area contributed by atoms with Gasteiger partial charge in [0, 0.05) is 19.5 Å². The summed E-state index contributed by atoms with van der Waals surface area (Å²) < 4.78 is 0. The van der Waals surface area contributed by atoms with E-state index in [-0.39, 0.29) is 74.0 Å². The van der Waals surface area contributed by atoms with Crippen molar-refractivity contribution in [3.8, 4) is 0 Å². The van der Waals surface area contributed by atoms with Gasteiger partial charge < -0.3 is 17.1 Å². The van der Waals surface area contributed by atoms with E-state index in [1.165, 1.54) is 0 Å². The number of hydrogen-bond acceptors (Lipinski definition) is 0. The predicted molar refractivity (Wildman–Crippen MR) is 14.3 cm³/mol. The molecule has 0 spiro atoms. The molecule has 0 amide bonds. The van der Waals surface area contributed by atoms with E-state index in [4.69, 9.17) is 0 Å². The normalized spacial score (nSPS) is 0. The van der Waals surface area contributed by atoms with E-state index in [2.05, 4.69) is 0 Å². The summed E-state index contributed by atoms with van der Waals surface area (Å²) in [5.41, 5.74) is 0. The summed E-state index contributed by atoms with van der Waals surface area (Å²) in [4.78, 5) is 0. The fourth-order valence-corrected chi connectivity index (χ4v) is 0. The molecule has 0 heterocycles. The van der Waals surface area contributed by atoms with Crippen molar-refractivity contribution >= 4 is 27.2 Å². The Morgan fingerprint density at radius 2 is 1.00 bits per heavy atom. The molecule has 14 valence electrons. The molecule has 0 bridgehead atoms. The molecule has 0 aromatic carbocycles. The largest absolute Gasteiger partial charge is 2.00 e. The Balaban J connectivity index is 0. The van der Waals surface area contributed by atoms with Gasteiger partial charge in [-0.05, 0) is 0 Å². The fraction of sp³-hybridized carbons (Fsp3) is 0. The van der Waals surface area contributed by atoms with Crippen LogP contribution in [0.3, 0.4) is 0 Å². The summed E-state index contributed by atoms with van der Waals surface area (Å²) in [6.07, 6.45) is 0. The SMILES string of the molecule is [BeH2].[Cd+2].[Se-2].[Zn]. The van der Waals surface area contributed by atoms with Crippen LogP contribution in [0.5, 0.6) is 0 Å². The van der Waals surface area contributed by atoms with Crippen LogP contribution in [0.1, 0.15) is 0 Å². The van der Waals surface area contributed by atoms with Crippen LogP contribution in [-0.4, -0.2) is 27.2 Å². The van der Waals surface area contributed by atoms with Gasteiger partial charge in [-0.1, -0.05) is 0 Å². The zero-order valence-electron chi connectivity index (χ0n) is 1.82. The minimum absolute atomic E-state index is 0. The molecule has 0 aliphatic heterocycles. The second-order valence-corrected chi connectivity index (χ2v) is 0. The molecule has 0 aliphatic rings. The first-order valence-electron chi connectivity index (χ1n) is 0. The van der Waals surface area contributed by atoms with Crippen molar-refractivity contribution < 1.29 is 46.8 Å². The van der Waals surface area contributed by atoms with Crippen LogP contribution in [0.15, 0.2) is 0 Å². The van der Waals surface area contributed by atoms with E-state index in [0.29, 0.717) is 0 Å². The quantitative estimate of drug-likeness (QED) is 0.479. The van der Waals surface area contributed by atoms with E-state index in [0.717, 1.165) is 0 Å². The van der Waals surface area contributed by atoms with Crippen molar-refractivity contribution in [2.75, 3.05) is 0 Å². The molecule has 0 atom stereocenters. The molecule has 4 heavy (non-hydrogen) atoms. The molecule has 0 N–H and O–H groups in total. The first-order chi connectivity index (χ1) is 0. The third kappa shape index (κ3) is 8.87. The van der Waals surface area contributed by atoms with Crippen molar-refractivity contribution in [2.24, 2.45) is 0 Å². The molecular formula is H2BeCdSeZn. The average Bonchev–Trinajstić information content (AvgIpc) is 0. The van der Waals surface area contributed by atoms with E-state index in [1.807, 2.05) is 0 Å². The van der Waals surface area contributed by atoms with Crippen molar-refractivity contribution in [1.82, 2.24) is 0 Å². The van der Waals surface area contributed by atoms with Crippen LogP contribution in [0.25, 0.3) is 0 Å². The first kappa shape index (κ1) is 34.2. The molecule has 0 fully saturated rings. The van der Waals surface area contributed by atoms with E-state index >= 15 is 0 Å². The predicted octanol–water partition coefficient (Wildman–Crippen LogP) is -1.30. The minimum Gasteiger partial charge on any atom is -2.00 e. The molecule has 0 nitrogen and oxygen atoms in total. The van der Waals surface area contributed by atoms with Crippen LogP contribution < -0.4 is 0 Å². The maximum atomic E-state index is 0. The molecule has 4 heteroatoms. The van der Waals surface area contributed by atoms with Gasteiger partial charge in [0.1, 0.15) is 0 Å². The van der Waals surface area contributed by atoms with Crippen LogP contribution in [-0.2, 0) is 46.8 Å². The molecule has 0 saturated heterocycles. The number of rotatable bonds is 0. The monoisotopic (exact) mass is 269 g/mol. The zero-order chi connectivity index (χ0) is 0. The summed E-state index contributed by atoms with van der Waals surface area (Å²) >= 11 is 0. The van der Waals surface area contributed by atoms with Crippen LogP contribution in [0.2, 0.25) is 0 Å². The Labute approximate surface area is 73.1 Å². The Morgan fingerprint density at radius 1 is 1.00 bits per heavy atom. The van der Waals surface area contributed by atoms with Gasteiger partial charge >= 0.3 is 37.4 Å². The summed E-state index contributed by atoms with van der Waals surface area (Å²) in [5.74, 6) is 0. The summed E-state index contributed by atoms with van der Waals surface area (Å²) in [6, 6.07) is 0. The summed E-state index contributed by atoms with van der Waals surface area (Å²) in [7, 11) is 0. The van der Waals surface area contributed by atoms with Gasteiger partial charge in [0.25, 0.3) is 0 Å². The topological polar surface area (TPSA) is 0 Å². The number of hydrogen-bond donors (Lipinski definition) is 0. The first-order valence-corrected chi connectivity index (χ1v) is 0. The van der Waals surface area contributed by atoms with Gasteiger partial charge in [-0.3, -0.25) is 0 Å². The average molecular weight is 268 g/mol. The van der Waals surface area contributed by atoms with Crippen LogP contribution >= 0.6 is 0 Å². The zero-order valence-corrected chi connectivity index (χ0v) is 10.5. The Hall–Kier alpha value is 2.23. The van der Waals surface area contributed by atoms with Gasteiger partial charge in [0.2, 0.25) is 0 Å². The van der Waals surface area contributed by atoms with E-state index in [9.17, 15) is 0 Å². The van der Waals surface area contributed by atoms with Crippen molar-refractivity contribution in [3.63, 3.8) is 0 Å². The Morgan fingerprint density at radius 3 is 1.00 bits per heavy atom. The summed E-state index contributed by atoms with van der Waals surface area (Å²) in [5, 5.41) is 0. The maximum Gasteiger partial charge on any atom is 2.00 e. The van der Waals surface area contributed by atoms with Gasteiger partial charge in [-0.15, -0.1) is 0 Å². The second kappa shape index (κ2) is 18.8. The van der Waals surface area contributed by atoms with E-state index in [1.54, 1.807) is 0 Å². The third-order valence-electron chi connectivity index (χ3n) is 0. The smallest absolute Gasteiger partial charge is 2.00 e. The molecule has 0 unspecified atom stereocenters. The van der Waals surface area contributed by atoms with Crippen molar-refractivity contribution in [3.05, 3.63) is 0 Å². The van der Waals surface area contributed by atoms with Gasteiger partial charge in [-0.2, -0.15) is 0 Å². The molecule has 0 radical (unpaired) electrons. The fourth-order valence-electron chi connectivity index (χ4n) is 0. The molecule has 0 aromatic rings. The summed E-state index contributed by atoms with van der Waals surface area (Å²) in [6.45, 7) is 0. The van der Waals surface area contributed by atoms with E-state index < -0.39 is 0 Å². The Kier molecular flexibility index (Phi) is 161. The van der Waals surface area contributed by atoms with Gasteiger partial charge in [-0.25, -0.2) is 0 Å². The molecule has 0 aromatic heterocycles. The van der Waals surface area contributed by atoms with Crippen LogP contribution in [0, 0.1) is 0 Å². The van der Waals surface area contributed by atoms with Crippen molar-refractivity contribution in [1.29, 1.82) is 0 Å². The van der Waals surface area contributed by atoms with Gasteiger partial charge in [0.15, 0.2) is 0 Å². The van der Waals surface area contributed by atoms with Crippen molar-refractivity contribution in [2.45, 2.75) is 0 Å².